The van der Waals surface area contributed by atoms with Gasteiger partial charge in [-0.2, -0.15) is 10.2 Å². The summed E-state index contributed by atoms with van der Waals surface area (Å²) < 4.78 is 10.1. The first kappa shape index (κ1) is 19.9. The van der Waals surface area contributed by atoms with E-state index in [1.807, 2.05) is 6.07 Å². The van der Waals surface area contributed by atoms with Crippen LogP contribution >= 0.6 is 0 Å². The van der Waals surface area contributed by atoms with E-state index < -0.39 is 17.8 Å². The fourth-order valence-electron chi connectivity index (χ4n) is 2.98. The highest BCUT2D eigenvalue weighted by Crippen LogP contribution is 2.28. The minimum Gasteiger partial charge on any atom is -0.460 e. The Morgan fingerprint density at radius 1 is 1.12 bits per heavy atom. The first-order valence-electron chi connectivity index (χ1n) is 8.80. The lowest BCUT2D eigenvalue weighted by atomic mass is 9.82. The molecule has 1 aliphatic carbocycles. The van der Waals surface area contributed by atoms with Crippen LogP contribution in [-0.4, -0.2) is 43.4 Å². The summed E-state index contributed by atoms with van der Waals surface area (Å²) in [7, 11) is 1.65. The van der Waals surface area contributed by atoms with Crippen molar-refractivity contribution in [2.75, 3.05) is 13.7 Å². The number of rotatable bonds is 8. The highest BCUT2D eigenvalue weighted by atomic mass is 16.5. The van der Waals surface area contributed by atoms with Gasteiger partial charge >= 0.3 is 5.97 Å². The zero-order valence-corrected chi connectivity index (χ0v) is 15.1. The highest BCUT2D eigenvalue weighted by molar-refractivity contribution is 6.40. The van der Waals surface area contributed by atoms with Crippen LogP contribution in [0.3, 0.4) is 0 Å². The highest BCUT2D eigenvalue weighted by Gasteiger charge is 2.38. The van der Waals surface area contributed by atoms with E-state index in [1.54, 1.807) is 38.3 Å². The topological polar surface area (TPSA) is 94.4 Å². The fourth-order valence-corrected chi connectivity index (χ4v) is 2.98. The number of benzene rings is 1. The molecule has 0 aliphatic heterocycles. The van der Waals surface area contributed by atoms with Crippen molar-refractivity contribution in [3.63, 3.8) is 0 Å². The van der Waals surface area contributed by atoms with Gasteiger partial charge < -0.3 is 9.47 Å². The van der Waals surface area contributed by atoms with Crippen molar-refractivity contribution in [3.8, 4) is 0 Å². The second kappa shape index (κ2) is 9.91. The van der Waals surface area contributed by atoms with Gasteiger partial charge in [0.25, 0.3) is 5.78 Å². The van der Waals surface area contributed by atoms with E-state index in [0.29, 0.717) is 18.5 Å². The quantitative estimate of drug-likeness (QED) is 0.307. The van der Waals surface area contributed by atoms with E-state index in [1.165, 1.54) is 0 Å². The van der Waals surface area contributed by atoms with Crippen molar-refractivity contribution in [1.82, 2.24) is 0 Å². The normalized spacial score (nSPS) is 21.3. The molecule has 1 aliphatic rings. The van der Waals surface area contributed by atoms with Gasteiger partial charge in [-0.3, -0.25) is 9.59 Å². The van der Waals surface area contributed by atoms with Crippen LogP contribution in [0.4, 0.5) is 5.69 Å². The van der Waals surface area contributed by atoms with E-state index >= 15 is 0 Å². The Hall–Kier alpha value is -2.41. The number of carbonyl (C=O) groups is 3. The Kier molecular flexibility index (Phi) is 7.59. The summed E-state index contributed by atoms with van der Waals surface area (Å²) in [6.45, 7) is 1.65. The molecule has 0 radical (unpaired) electrons. The molecule has 7 heteroatoms. The molecule has 26 heavy (non-hydrogen) atoms. The molecule has 1 saturated carbocycles. The molecule has 0 spiro atoms. The van der Waals surface area contributed by atoms with E-state index in [0.717, 1.165) is 12.8 Å². The largest absolute Gasteiger partial charge is 0.460 e. The van der Waals surface area contributed by atoms with Crippen molar-refractivity contribution in [1.29, 1.82) is 0 Å². The first-order chi connectivity index (χ1) is 12.6. The van der Waals surface area contributed by atoms with Crippen molar-refractivity contribution in [2.24, 2.45) is 16.1 Å². The van der Waals surface area contributed by atoms with Crippen molar-refractivity contribution in [2.45, 2.75) is 44.8 Å². The Morgan fingerprint density at radius 2 is 1.77 bits per heavy atom. The molecule has 7 nitrogen and oxygen atoms in total. The number of esters is 1. The molecule has 0 bridgehead atoms. The van der Waals surface area contributed by atoms with Crippen LogP contribution in [0.2, 0.25) is 0 Å². The molecule has 0 amide bonds. The van der Waals surface area contributed by atoms with Crippen LogP contribution in [0.5, 0.6) is 0 Å². The van der Waals surface area contributed by atoms with Crippen LogP contribution < -0.4 is 0 Å². The standard InChI is InChI=1S/C19H24N2O5/c1-3-26-19(24)18(23)16(21-20-14-7-5-4-6-8-14)17(22)13-9-11-15(25-2)12-10-13/h4-8,13,15-16H,3,9-12H2,1-2H3/t13?,15?,16-/m1/s1. The molecule has 2 rings (SSSR count). The van der Waals surface area contributed by atoms with E-state index in [-0.39, 0.29) is 24.4 Å². The van der Waals surface area contributed by atoms with Crippen LogP contribution in [0.1, 0.15) is 32.6 Å². The maximum Gasteiger partial charge on any atom is 0.377 e. The van der Waals surface area contributed by atoms with Crippen molar-refractivity contribution < 1.29 is 23.9 Å². The summed E-state index contributed by atoms with van der Waals surface area (Å²) in [6, 6.07) is 7.29. The van der Waals surface area contributed by atoms with Crippen LogP contribution in [-0.2, 0) is 23.9 Å². The second-order valence-electron chi connectivity index (χ2n) is 6.15. The molecule has 0 heterocycles. The number of Topliss-reactive ketones (excluding diaryl/α,β-unsaturated/α-hetero) is 2. The number of nitrogens with zero attached hydrogens (tertiary/aromatic N) is 2. The van der Waals surface area contributed by atoms with E-state index in [9.17, 15) is 14.4 Å². The minimum absolute atomic E-state index is 0.0558. The van der Waals surface area contributed by atoms with Gasteiger partial charge in [-0.25, -0.2) is 4.79 Å². The molecular formula is C19H24N2O5. The molecule has 0 aromatic heterocycles. The zero-order valence-electron chi connectivity index (χ0n) is 15.1. The number of ether oxygens (including phenoxy) is 2. The number of hydrogen-bond acceptors (Lipinski definition) is 7. The van der Waals surface area contributed by atoms with Gasteiger partial charge in [0.05, 0.1) is 18.4 Å². The SMILES string of the molecule is CCOC(=O)C(=O)[C@H](N=Nc1ccccc1)C(=O)C1CCC(OC)CC1. The van der Waals surface area contributed by atoms with Gasteiger partial charge in [-0.05, 0) is 44.7 Å². The van der Waals surface area contributed by atoms with E-state index in [4.69, 9.17) is 9.47 Å². The Labute approximate surface area is 152 Å². The zero-order chi connectivity index (χ0) is 18.9. The number of methoxy groups -OCH3 is 1. The molecule has 0 N–H and O–H groups in total. The number of hydrogen-bond donors (Lipinski definition) is 0. The van der Waals surface area contributed by atoms with Crippen molar-refractivity contribution in [3.05, 3.63) is 30.3 Å². The average Bonchev–Trinajstić information content (AvgIpc) is 2.68. The number of carbonyl (C=O) groups excluding carboxylic acids is 3. The van der Waals surface area contributed by atoms with Crippen molar-refractivity contribution >= 4 is 23.2 Å². The van der Waals surface area contributed by atoms with Gasteiger partial charge in [-0.1, -0.05) is 18.2 Å². The lowest BCUT2D eigenvalue weighted by molar-refractivity contribution is -0.155. The second-order valence-corrected chi connectivity index (χ2v) is 6.15. The van der Waals surface area contributed by atoms with Gasteiger partial charge in [0.2, 0.25) is 0 Å². The lowest BCUT2D eigenvalue weighted by Crippen LogP contribution is -2.40. The smallest absolute Gasteiger partial charge is 0.377 e. The van der Waals surface area contributed by atoms with Crippen LogP contribution in [0.25, 0.3) is 0 Å². The predicted octanol–water partition coefficient (Wildman–Crippen LogP) is 3.05. The third kappa shape index (κ3) is 5.29. The summed E-state index contributed by atoms with van der Waals surface area (Å²) in [6.07, 6.45) is 2.81. The molecule has 140 valence electrons. The van der Waals surface area contributed by atoms with Gasteiger partial charge in [0, 0.05) is 13.0 Å². The van der Waals surface area contributed by atoms with E-state index in [2.05, 4.69) is 10.2 Å². The molecule has 1 aromatic carbocycles. The summed E-state index contributed by atoms with van der Waals surface area (Å²) in [5.41, 5.74) is 0.505. The number of ketones is 2. The molecular weight excluding hydrogens is 336 g/mol. The lowest BCUT2D eigenvalue weighted by Gasteiger charge is -2.27. The minimum atomic E-state index is -1.46. The van der Waals surface area contributed by atoms with Gasteiger partial charge in [0.1, 0.15) is 0 Å². The molecule has 1 fully saturated rings. The summed E-state index contributed by atoms with van der Waals surface area (Å²) in [4.78, 5) is 37.1. The van der Waals surface area contributed by atoms with Crippen LogP contribution in [0.15, 0.2) is 40.6 Å². The molecule has 1 atom stereocenters. The molecule has 0 saturated heterocycles. The molecule has 1 aromatic rings. The monoisotopic (exact) mass is 360 g/mol. The third-order valence-electron chi connectivity index (χ3n) is 4.45. The summed E-state index contributed by atoms with van der Waals surface area (Å²) >= 11 is 0. The third-order valence-corrected chi connectivity index (χ3v) is 4.45. The van der Waals surface area contributed by atoms with Crippen LogP contribution in [0, 0.1) is 5.92 Å². The Morgan fingerprint density at radius 3 is 2.35 bits per heavy atom. The first-order valence-corrected chi connectivity index (χ1v) is 8.80. The molecule has 0 unspecified atom stereocenters. The Balaban J connectivity index is 2.16. The van der Waals surface area contributed by atoms with Gasteiger partial charge in [0.15, 0.2) is 11.8 Å². The van der Waals surface area contributed by atoms with Gasteiger partial charge in [-0.15, -0.1) is 0 Å². The summed E-state index contributed by atoms with van der Waals surface area (Å²) in [5, 5.41) is 7.87. The maximum atomic E-state index is 12.8. The average molecular weight is 360 g/mol. The maximum absolute atomic E-state index is 12.8. The predicted molar refractivity (Wildman–Crippen MR) is 94.1 cm³/mol. The Bertz CT molecular complexity index is 651. The number of azo groups is 1. The fraction of sp³-hybridized carbons (Fsp3) is 0.526. The summed E-state index contributed by atoms with van der Waals surface area (Å²) in [5.74, 6) is -2.73.